The number of phenols is 1. The third-order valence-corrected chi connectivity index (χ3v) is 4.51. The SMILES string of the molecule is CCc1cc(O)c(C(C)C)cc1Oc1c(Cl)c(F)nc(NCC(=O)O)c1Cl. The van der Waals surface area contributed by atoms with Crippen LogP contribution in [0.2, 0.25) is 10.0 Å². The van der Waals surface area contributed by atoms with Gasteiger partial charge in [0.2, 0.25) is 5.95 Å². The number of aromatic hydroxyl groups is 1. The Morgan fingerprint density at radius 3 is 2.56 bits per heavy atom. The Morgan fingerprint density at radius 2 is 2.00 bits per heavy atom. The lowest BCUT2D eigenvalue weighted by atomic mass is 9.98. The van der Waals surface area contributed by atoms with Gasteiger partial charge in [0, 0.05) is 5.56 Å². The van der Waals surface area contributed by atoms with Gasteiger partial charge in [-0.2, -0.15) is 9.37 Å². The quantitative estimate of drug-likeness (QED) is 0.536. The van der Waals surface area contributed by atoms with Crippen LogP contribution in [0.1, 0.15) is 37.8 Å². The van der Waals surface area contributed by atoms with Gasteiger partial charge in [-0.3, -0.25) is 4.79 Å². The number of halogens is 3. The van der Waals surface area contributed by atoms with Crippen LogP contribution in [-0.4, -0.2) is 27.7 Å². The van der Waals surface area contributed by atoms with Crippen LogP contribution in [0.5, 0.6) is 17.2 Å². The van der Waals surface area contributed by atoms with E-state index in [2.05, 4.69) is 10.3 Å². The molecule has 6 nitrogen and oxygen atoms in total. The van der Waals surface area contributed by atoms with Gasteiger partial charge in [-0.05, 0) is 30.0 Å². The summed E-state index contributed by atoms with van der Waals surface area (Å²) in [6.45, 7) is 5.17. The van der Waals surface area contributed by atoms with E-state index in [9.17, 15) is 14.3 Å². The number of ether oxygens (including phenoxy) is 1. The predicted molar refractivity (Wildman–Crippen MR) is 102 cm³/mol. The molecule has 2 aromatic rings. The van der Waals surface area contributed by atoms with Crippen LogP contribution in [0.4, 0.5) is 10.2 Å². The lowest BCUT2D eigenvalue weighted by molar-refractivity contribution is -0.134. The summed E-state index contributed by atoms with van der Waals surface area (Å²) in [4.78, 5) is 14.2. The molecule has 0 aliphatic carbocycles. The topological polar surface area (TPSA) is 91.7 Å². The predicted octanol–water partition coefficient (Wildman–Crippen LogP) is 5.21. The number of aryl methyl sites for hydroxylation is 1. The van der Waals surface area contributed by atoms with Crippen LogP contribution in [0.3, 0.4) is 0 Å². The van der Waals surface area contributed by atoms with Crippen LogP contribution < -0.4 is 10.1 Å². The van der Waals surface area contributed by atoms with Gasteiger partial charge in [0.1, 0.15) is 28.1 Å². The molecule has 0 spiro atoms. The fraction of sp³-hybridized carbons (Fsp3) is 0.333. The summed E-state index contributed by atoms with van der Waals surface area (Å²) in [7, 11) is 0. The summed E-state index contributed by atoms with van der Waals surface area (Å²) in [6, 6.07) is 3.22. The van der Waals surface area contributed by atoms with E-state index in [1.165, 1.54) is 0 Å². The molecular formula is C18H19Cl2FN2O4. The normalized spacial score (nSPS) is 10.9. The number of benzene rings is 1. The van der Waals surface area contributed by atoms with Crippen LogP contribution in [0.25, 0.3) is 0 Å². The standard InChI is InChI=1S/C18H19Cl2FN2O4/c1-4-9-5-11(24)10(8(2)3)6-12(9)27-16-14(19)17(21)23-18(15(16)20)22-7-13(25)26/h5-6,8,24H,4,7H2,1-3H3,(H,22,23)(H,25,26). The lowest BCUT2D eigenvalue weighted by Crippen LogP contribution is -2.14. The number of pyridine rings is 1. The Morgan fingerprint density at radius 1 is 1.33 bits per heavy atom. The maximum atomic E-state index is 14.1. The van der Waals surface area contributed by atoms with E-state index in [1.54, 1.807) is 12.1 Å². The van der Waals surface area contributed by atoms with Crippen molar-refractivity contribution >= 4 is 35.0 Å². The van der Waals surface area contributed by atoms with E-state index in [0.717, 1.165) is 0 Å². The van der Waals surface area contributed by atoms with Gasteiger partial charge in [0.25, 0.3) is 0 Å². The Balaban J connectivity index is 2.53. The summed E-state index contributed by atoms with van der Waals surface area (Å²) < 4.78 is 19.9. The molecule has 1 aromatic carbocycles. The molecule has 0 amide bonds. The first-order chi connectivity index (χ1) is 12.6. The highest BCUT2D eigenvalue weighted by Crippen LogP contribution is 2.43. The zero-order chi connectivity index (χ0) is 20.3. The summed E-state index contributed by atoms with van der Waals surface area (Å²) in [6.07, 6.45) is 0.536. The van der Waals surface area contributed by atoms with E-state index < -0.39 is 23.5 Å². The highest BCUT2D eigenvalue weighted by atomic mass is 35.5. The van der Waals surface area contributed by atoms with Crippen molar-refractivity contribution in [2.24, 2.45) is 0 Å². The van der Waals surface area contributed by atoms with Crippen LogP contribution in [-0.2, 0) is 11.2 Å². The van der Waals surface area contributed by atoms with Crippen molar-refractivity contribution in [1.82, 2.24) is 4.98 Å². The molecule has 0 aliphatic rings. The molecule has 0 radical (unpaired) electrons. The Kier molecular flexibility index (Phi) is 6.73. The third kappa shape index (κ3) is 4.73. The number of nitrogens with one attached hydrogen (secondary N) is 1. The van der Waals surface area contributed by atoms with E-state index in [1.807, 2.05) is 20.8 Å². The number of hydrogen-bond donors (Lipinski definition) is 3. The summed E-state index contributed by atoms with van der Waals surface area (Å²) >= 11 is 12.2. The van der Waals surface area contributed by atoms with Gasteiger partial charge < -0.3 is 20.3 Å². The highest BCUT2D eigenvalue weighted by Gasteiger charge is 2.22. The van der Waals surface area contributed by atoms with Crippen molar-refractivity contribution < 1.29 is 24.1 Å². The number of hydrogen-bond acceptors (Lipinski definition) is 5. The molecular weight excluding hydrogens is 398 g/mol. The molecule has 9 heteroatoms. The van der Waals surface area contributed by atoms with E-state index >= 15 is 0 Å². The number of anilines is 1. The molecule has 27 heavy (non-hydrogen) atoms. The summed E-state index contributed by atoms with van der Waals surface area (Å²) in [5, 5.41) is 20.8. The number of carbonyl (C=O) groups is 1. The number of carboxylic acid groups (broad SMARTS) is 1. The minimum Gasteiger partial charge on any atom is -0.508 e. The third-order valence-electron chi connectivity index (χ3n) is 3.83. The second-order valence-electron chi connectivity index (χ2n) is 6.08. The highest BCUT2D eigenvalue weighted by molar-refractivity contribution is 6.38. The van der Waals surface area contributed by atoms with Gasteiger partial charge in [0.05, 0.1) is 0 Å². The first-order valence-corrected chi connectivity index (χ1v) is 8.95. The molecule has 2 rings (SSSR count). The molecule has 0 aliphatic heterocycles. The van der Waals surface area contributed by atoms with Crippen molar-refractivity contribution in [1.29, 1.82) is 0 Å². The molecule has 0 fully saturated rings. The fourth-order valence-electron chi connectivity index (χ4n) is 2.43. The Hall–Kier alpha value is -2.25. The van der Waals surface area contributed by atoms with Crippen LogP contribution in [0, 0.1) is 5.95 Å². The molecule has 0 saturated carbocycles. The molecule has 3 N–H and O–H groups in total. The lowest BCUT2D eigenvalue weighted by Gasteiger charge is -2.18. The van der Waals surface area contributed by atoms with Gasteiger partial charge in [-0.15, -0.1) is 0 Å². The number of aliphatic carboxylic acids is 1. The Labute approximate surface area is 165 Å². The second-order valence-corrected chi connectivity index (χ2v) is 6.84. The molecule has 1 aromatic heterocycles. The molecule has 0 unspecified atom stereocenters. The van der Waals surface area contributed by atoms with Gasteiger partial charge in [-0.25, -0.2) is 0 Å². The monoisotopic (exact) mass is 416 g/mol. The fourth-order valence-corrected chi connectivity index (χ4v) is 2.90. The molecule has 0 saturated heterocycles. The average Bonchev–Trinajstić information content (AvgIpc) is 2.60. The maximum Gasteiger partial charge on any atom is 0.322 e. The van der Waals surface area contributed by atoms with Crippen molar-refractivity contribution in [2.45, 2.75) is 33.1 Å². The zero-order valence-corrected chi connectivity index (χ0v) is 16.5. The van der Waals surface area contributed by atoms with Crippen molar-refractivity contribution in [3.8, 4) is 17.2 Å². The molecule has 0 atom stereocenters. The number of rotatable bonds is 7. The van der Waals surface area contributed by atoms with Crippen molar-refractivity contribution in [3.05, 3.63) is 39.3 Å². The summed E-state index contributed by atoms with van der Waals surface area (Å²) in [5.74, 6) is -2.09. The van der Waals surface area contributed by atoms with Gasteiger partial charge >= 0.3 is 5.97 Å². The number of nitrogens with zero attached hydrogens (tertiary/aromatic N) is 1. The first-order valence-electron chi connectivity index (χ1n) is 8.19. The minimum atomic E-state index is -1.17. The zero-order valence-electron chi connectivity index (χ0n) is 14.9. The van der Waals surface area contributed by atoms with Crippen molar-refractivity contribution in [2.75, 3.05) is 11.9 Å². The van der Waals surface area contributed by atoms with Gasteiger partial charge in [-0.1, -0.05) is 44.0 Å². The number of phenolic OH excluding ortho intramolecular Hbond substituents is 1. The molecule has 0 bridgehead atoms. The number of aromatic nitrogens is 1. The first kappa shape index (κ1) is 21.1. The van der Waals surface area contributed by atoms with Crippen LogP contribution in [0.15, 0.2) is 12.1 Å². The molecule has 1 heterocycles. The number of carboxylic acids is 1. The summed E-state index contributed by atoms with van der Waals surface area (Å²) in [5.41, 5.74) is 1.31. The van der Waals surface area contributed by atoms with Crippen molar-refractivity contribution in [3.63, 3.8) is 0 Å². The second kappa shape index (κ2) is 8.63. The minimum absolute atomic E-state index is 0.0196. The largest absolute Gasteiger partial charge is 0.508 e. The maximum absolute atomic E-state index is 14.1. The van der Waals surface area contributed by atoms with E-state index in [0.29, 0.717) is 23.3 Å². The van der Waals surface area contributed by atoms with Crippen LogP contribution >= 0.6 is 23.2 Å². The smallest absolute Gasteiger partial charge is 0.322 e. The Bertz CT molecular complexity index is 875. The van der Waals surface area contributed by atoms with Gasteiger partial charge in [0.15, 0.2) is 11.6 Å². The molecule has 146 valence electrons. The van der Waals surface area contributed by atoms with E-state index in [4.69, 9.17) is 33.0 Å². The average molecular weight is 417 g/mol. The van der Waals surface area contributed by atoms with E-state index in [-0.39, 0.29) is 28.3 Å².